The molecule has 136 valence electrons. The van der Waals surface area contributed by atoms with Gasteiger partial charge in [-0.15, -0.1) is 0 Å². The highest BCUT2D eigenvalue weighted by Gasteiger charge is 2.48. The Morgan fingerprint density at radius 1 is 1.08 bits per heavy atom. The van der Waals surface area contributed by atoms with Crippen LogP contribution in [-0.2, 0) is 11.2 Å². The lowest BCUT2D eigenvalue weighted by Gasteiger charge is -2.54. The maximum Gasteiger partial charge on any atom is 0.226 e. The van der Waals surface area contributed by atoms with Crippen LogP contribution in [0.15, 0.2) is 24.3 Å². The average Bonchev–Trinajstić information content (AvgIpc) is 3.14. The molecule has 4 nitrogen and oxygen atoms in total. The van der Waals surface area contributed by atoms with Gasteiger partial charge in [0.15, 0.2) is 0 Å². The molecule has 4 heteroatoms. The molecule has 0 N–H and O–H groups in total. The zero-order valence-corrected chi connectivity index (χ0v) is 15.4. The number of likely N-dealkylation sites (tertiary alicyclic amines) is 2. The van der Waals surface area contributed by atoms with Crippen LogP contribution in [0.3, 0.4) is 0 Å². The van der Waals surface area contributed by atoms with E-state index in [0.29, 0.717) is 11.8 Å². The second-order valence-electron chi connectivity index (χ2n) is 8.21. The number of nitrogens with zero attached hydrogens (tertiary/aromatic N) is 2. The van der Waals surface area contributed by atoms with E-state index >= 15 is 0 Å². The van der Waals surface area contributed by atoms with Crippen LogP contribution in [0.4, 0.5) is 0 Å². The van der Waals surface area contributed by atoms with Crippen molar-refractivity contribution < 1.29 is 9.53 Å². The zero-order valence-electron chi connectivity index (χ0n) is 15.4. The van der Waals surface area contributed by atoms with Crippen molar-refractivity contribution in [3.8, 4) is 5.75 Å². The van der Waals surface area contributed by atoms with Gasteiger partial charge in [0.1, 0.15) is 5.75 Å². The van der Waals surface area contributed by atoms with Gasteiger partial charge in [-0.2, -0.15) is 0 Å². The number of methoxy groups -OCH3 is 1. The fourth-order valence-electron chi connectivity index (χ4n) is 4.97. The SMILES string of the molecule is COc1ccc(CC(=O)N2CCC3(CC2)CC(N2CCCC2)C3)cc1. The molecule has 1 aliphatic carbocycles. The summed E-state index contributed by atoms with van der Waals surface area (Å²) in [5.74, 6) is 1.11. The van der Waals surface area contributed by atoms with E-state index in [1.807, 2.05) is 24.3 Å². The molecule has 0 unspecified atom stereocenters. The highest BCUT2D eigenvalue weighted by atomic mass is 16.5. The molecule has 2 heterocycles. The molecule has 4 rings (SSSR count). The first kappa shape index (κ1) is 16.9. The van der Waals surface area contributed by atoms with Gasteiger partial charge in [0.2, 0.25) is 5.91 Å². The Labute approximate surface area is 151 Å². The molecule has 1 saturated carbocycles. The van der Waals surface area contributed by atoms with Gasteiger partial charge in [0, 0.05) is 19.1 Å². The summed E-state index contributed by atoms with van der Waals surface area (Å²) in [5, 5.41) is 0. The third-order valence-electron chi connectivity index (χ3n) is 6.69. The summed E-state index contributed by atoms with van der Waals surface area (Å²) in [6, 6.07) is 8.69. The van der Waals surface area contributed by atoms with E-state index in [0.717, 1.165) is 30.4 Å². The second-order valence-corrected chi connectivity index (χ2v) is 8.21. The Kier molecular flexibility index (Phi) is 4.72. The van der Waals surface area contributed by atoms with E-state index in [2.05, 4.69) is 9.80 Å². The van der Waals surface area contributed by atoms with Crippen molar-refractivity contribution in [3.05, 3.63) is 29.8 Å². The van der Waals surface area contributed by atoms with Crippen LogP contribution in [0.1, 0.15) is 44.1 Å². The van der Waals surface area contributed by atoms with Gasteiger partial charge in [0.25, 0.3) is 0 Å². The van der Waals surface area contributed by atoms with Crippen molar-refractivity contribution in [2.24, 2.45) is 5.41 Å². The van der Waals surface area contributed by atoms with Gasteiger partial charge in [0.05, 0.1) is 13.5 Å². The Hall–Kier alpha value is -1.55. The van der Waals surface area contributed by atoms with Gasteiger partial charge in [-0.25, -0.2) is 0 Å². The molecule has 1 amide bonds. The number of amides is 1. The molecule has 1 aromatic carbocycles. The van der Waals surface area contributed by atoms with Crippen LogP contribution in [0, 0.1) is 5.41 Å². The van der Waals surface area contributed by atoms with E-state index in [1.165, 1.54) is 51.6 Å². The summed E-state index contributed by atoms with van der Waals surface area (Å²) in [7, 11) is 1.67. The summed E-state index contributed by atoms with van der Waals surface area (Å²) in [4.78, 5) is 17.4. The molecule has 1 aromatic rings. The van der Waals surface area contributed by atoms with E-state index in [4.69, 9.17) is 4.74 Å². The van der Waals surface area contributed by atoms with Crippen molar-refractivity contribution in [1.29, 1.82) is 0 Å². The molecule has 0 bridgehead atoms. The summed E-state index contributed by atoms with van der Waals surface area (Å²) in [6.07, 6.45) is 8.42. The molecular formula is C21H30N2O2. The van der Waals surface area contributed by atoms with E-state index in [1.54, 1.807) is 7.11 Å². The van der Waals surface area contributed by atoms with Crippen LogP contribution in [0.5, 0.6) is 5.75 Å². The van der Waals surface area contributed by atoms with Gasteiger partial charge < -0.3 is 14.5 Å². The van der Waals surface area contributed by atoms with E-state index in [-0.39, 0.29) is 5.91 Å². The minimum Gasteiger partial charge on any atom is -0.497 e. The van der Waals surface area contributed by atoms with Gasteiger partial charge in [-0.1, -0.05) is 12.1 Å². The highest BCUT2D eigenvalue weighted by molar-refractivity contribution is 5.79. The number of carbonyl (C=O) groups is 1. The minimum atomic E-state index is 0.274. The maximum absolute atomic E-state index is 12.6. The molecule has 2 saturated heterocycles. The standard InChI is InChI=1S/C21H30N2O2/c1-25-19-6-4-17(5-7-19)14-20(24)23-12-8-21(9-13-23)15-18(16-21)22-10-2-3-11-22/h4-7,18H,2-3,8-16H2,1H3. The first-order chi connectivity index (χ1) is 12.2. The van der Waals surface area contributed by atoms with Crippen molar-refractivity contribution in [3.63, 3.8) is 0 Å². The fourth-order valence-corrected chi connectivity index (χ4v) is 4.97. The molecule has 2 aliphatic heterocycles. The zero-order chi connectivity index (χ0) is 17.3. The lowest BCUT2D eigenvalue weighted by atomic mass is 9.60. The number of hydrogen-bond donors (Lipinski definition) is 0. The van der Waals surface area contributed by atoms with Gasteiger partial charge >= 0.3 is 0 Å². The third-order valence-corrected chi connectivity index (χ3v) is 6.69. The predicted molar refractivity (Wildman–Crippen MR) is 98.8 cm³/mol. The third kappa shape index (κ3) is 3.55. The Bertz CT molecular complexity index is 591. The highest BCUT2D eigenvalue weighted by Crippen LogP contribution is 2.51. The van der Waals surface area contributed by atoms with Crippen LogP contribution in [0.2, 0.25) is 0 Å². The second kappa shape index (κ2) is 6.99. The number of piperidine rings is 1. The topological polar surface area (TPSA) is 32.8 Å². The number of ether oxygens (including phenoxy) is 1. The van der Waals surface area contributed by atoms with E-state index < -0.39 is 0 Å². The normalized spacial score (nSPS) is 23.6. The Morgan fingerprint density at radius 3 is 2.32 bits per heavy atom. The van der Waals surface area contributed by atoms with Gasteiger partial charge in [-0.3, -0.25) is 4.79 Å². The summed E-state index contributed by atoms with van der Waals surface area (Å²) < 4.78 is 5.18. The average molecular weight is 342 g/mol. The summed E-state index contributed by atoms with van der Waals surface area (Å²) >= 11 is 0. The smallest absolute Gasteiger partial charge is 0.226 e. The number of rotatable bonds is 4. The molecule has 1 spiro atoms. The Morgan fingerprint density at radius 2 is 1.72 bits per heavy atom. The summed E-state index contributed by atoms with van der Waals surface area (Å²) in [5.41, 5.74) is 1.62. The molecular weight excluding hydrogens is 312 g/mol. The molecule has 3 fully saturated rings. The molecule has 0 atom stereocenters. The minimum absolute atomic E-state index is 0.274. The van der Waals surface area contributed by atoms with Crippen LogP contribution in [-0.4, -0.2) is 55.0 Å². The van der Waals surface area contributed by atoms with Crippen molar-refractivity contribution in [2.45, 2.75) is 51.0 Å². The first-order valence-electron chi connectivity index (χ1n) is 9.82. The quantitative estimate of drug-likeness (QED) is 0.843. The predicted octanol–water partition coefficient (Wildman–Crippen LogP) is 3.10. The van der Waals surface area contributed by atoms with Crippen molar-refractivity contribution in [2.75, 3.05) is 33.3 Å². The molecule has 25 heavy (non-hydrogen) atoms. The molecule has 0 radical (unpaired) electrons. The Balaban J connectivity index is 1.25. The molecule has 0 aromatic heterocycles. The molecule has 3 aliphatic rings. The lowest BCUT2D eigenvalue weighted by molar-refractivity contribution is -0.135. The summed E-state index contributed by atoms with van der Waals surface area (Å²) in [6.45, 7) is 4.52. The number of benzene rings is 1. The van der Waals surface area contributed by atoms with Crippen LogP contribution >= 0.6 is 0 Å². The van der Waals surface area contributed by atoms with Crippen LogP contribution < -0.4 is 4.74 Å². The number of hydrogen-bond acceptors (Lipinski definition) is 3. The first-order valence-corrected chi connectivity index (χ1v) is 9.82. The van der Waals surface area contributed by atoms with Gasteiger partial charge in [-0.05, 0) is 74.7 Å². The van der Waals surface area contributed by atoms with E-state index in [9.17, 15) is 4.79 Å². The van der Waals surface area contributed by atoms with Crippen LogP contribution in [0.25, 0.3) is 0 Å². The fraction of sp³-hybridized carbons (Fsp3) is 0.667. The number of carbonyl (C=O) groups excluding carboxylic acids is 1. The van der Waals surface area contributed by atoms with Crippen molar-refractivity contribution >= 4 is 5.91 Å². The largest absolute Gasteiger partial charge is 0.497 e. The monoisotopic (exact) mass is 342 g/mol. The maximum atomic E-state index is 12.6. The lowest BCUT2D eigenvalue weighted by Crippen LogP contribution is -2.55. The van der Waals surface area contributed by atoms with Crippen molar-refractivity contribution in [1.82, 2.24) is 9.80 Å².